The number of carbonyl (C=O) groups excluding carboxylic acids is 1. The van der Waals surface area contributed by atoms with E-state index in [0.29, 0.717) is 16.2 Å². The zero-order valence-corrected chi connectivity index (χ0v) is 12.6. The van der Waals surface area contributed by atoms with Crippen molar-refractivity contribution in [3.05, 3.63) is 46.9 Å². The van der Waals surface area contributed by atoms with Gasteiger partial charge >= 0.3 is 0 Å². The maximum absolute atomic E-state index is 12.1. The third kappa shape index (κ3) is 2.73. The fourth-order valence-electron chi connectivity index (χ4n) is 1.93. The van der Waals surface area contributed by atoms with E-state index in [1.165, 1.54) is 18.0 Å². The molecule has 0 spiro atoms. The van der Waals surface area contributed by atoms with Crippen molar-refractivity contribution in [3.8, 4) is 5.69 Å². The third-order valence-corrected chi connectivity index (χ3v) is 3.91. The molecule has 2 aromatic heterocycles. The second kappa shape index (κ2) is 6.02. The van der Waals surface area contributed by atoms with E-state index in [1.807, 2.05) is 30.3 Å². The average molecular weight is 315 g/mol. The second-order valence-electron chi connectivity index (χ2n) is 4.46. The Hall–Kier alpha value is -2.61. The first-order chi connectivity index (χ1) is 10.7. The predicted molar refractivity (Wildman–Crippen MR) is 84.3 cm³/mol. The van der Waals surface area contributed by atoms with Crippen LogP contribution in [0.4, 0.5) is 0 Å². The molecule has 0 unspecified atom stereocenters. The van der Waals surface area contributed by atoms with Gasteiger partial charge in [0.25, 0.3) is 5.56 Å². The summed E-state index contributed by atoms with van der Waals surface area (Å²) in [7, 11) is 1.56. The minimum Gasteiger partial charge on any atom is -0.358 e. The summed E-state index contributed by atoms with van der Waals surface area (Å²) in [5.41, 5.74) is 1.01. The average Bonchev–Trinajstić information content (AvgIpc) is 2.98. The second-order valence-corrected chi connectivity index (χ2v) is 5.43. The Morgan fingerprint density at radius 2 is 2.14 bits per heavy atom. The van der Waals surface area contributed by atoms with Gasteiger partial charge in [-0.25, -0.2) is 9.67 Å². The Kier molecular flexibility index (Phi) is 3.92. The number of nitrogens with zero attached hydrogens (tertiary/aromatic N) is 3. The van der Waals surface area contributed by atoms with Gasteiger partial charge in [-0.1, -0.05) is 30.0 Å². The fourth-order valence-corrected chi connectivity index (χ4v) is 2.66. The van der Waals surface area contributed by atoms with Crippen molar-refractivity contribution in [3.63, 3.8) is 0 Å². The molecule has 0 radical (unpaired) electrons. The number of hydrogen-bond donors (Lipinski definition) is 2. The van der Waals surface area contributed by atoms with Gasteiger partial charge in [-0.2, -0.15) is 5.10 Å². The lowest BCUT2D eigenvalue weighted by molar-refractivity contribution is -0.118. The monoisotopic (exact) mass is 315 g/mol. The molecule has 112 valence electrons. The molecule has 0 fully saturated rings. The maximum Gasteiger partial charge on any atom is 0.262 e. The molecule has 3 aromatic rings. The lowest BCUT2D eigenvalue weighted by Crippen LogP contribution is -2.20. The Balaban J connectivity index is 2.04. The van der Waals surface area contributed by atoms with Gasteiger partial charge in [-0.15, -0.1) is 0 Å². The smallest absolute Gasteiger partial charge is 0.262 e. The normalized spacial score (nSPS) is 10.8. The first kappa shape index (κ1) is 14.3. The standard InChI is InChI=1S/C14H13N5O2S/c1-15-11(20)8-22-14-17-12-10(13(21)18-14)7-16-19(12)9-5-3-2-4-6-9/h2-7H,8H2,1H3,(H,15,20)(H,17,18,21). The molecule has 1 aromatic carbocycles. The molecule has 0 aliphatic heterocycles. The van der Waals surface area contributed by atoms with E-state index in [4.69, 9.17) is 0 Å². The van der Waals surface area contributed by atoms with Crippen LogP contribution in [0.25, 0.3) is 16.7 Å². The zero-order valence-electron chi connectivity index (χ0n) is 11.7. The van der Waals surface area contributed by atoms with Crippen LogP contribution >= 0.6 is 11.8 Å². The summed E-state index contributed by atoms with van der Waals surface area (Å²) < 4.78 is 1.61. The molecule has 2 heterocycles. The first-order valence-electron chi connectivity index (χ1n) is 6.56. The van der Waals surface area contributed by atoms with Crippen LogP contribution in [-0.4, -0.2) is 38.5 Å². The first-order valence-corrected chi connectivity index (χ1v) is 7.54. The van der Waals surface area contributed by atoms with Crippen LogP contribution in [0.1, 0.15) is 0 Å². The van der Waals surface area contributed by atoms with Gasteiger partial charge in [0.05, 0.1) is 17.6 Å². The molecule has 3 rings (SSSR count). The van der Waals surface area contributed by atoms with E-state index in [9.17, 15) is 9.59 Å². The van der Waals surface area contributed by atoms with Gasteiger partial charge < -0.3 is 10.3 Å². The molecule has 0 atom stereocenters. The van der Waals surface area contributed by atoms with Crippen LogP contribution < -0.4 is 10.9 Å². The number of hydrogen-bond acceptors (Lipinski definition) is 5. The number of aromatic amines is 1. The summed E-state index contributed by atoms with van der Waals surface area (Å²) in [6.45, 7) is 0. The number of carbonyl (C=O) groups is 1. The number of rotatable bonds is 4. The largest absolute Gasteiger partial charge is 0.358 e. The highest BCUT2D eigenvalue weighted by atomic mass is 32.2. The Labute approximate surface area is 129 Å². The molecule has 0 bridgehead atoms. The van der Waals surface area contributed by atoms with E-state index < -0.39 is 0 Å². The van der Waals surface area contributed by atoms with Gasteiger partial charge in [-0.3, -0.25) is 9.59 Å². The highest BCUT2D eigenvalue weighted by molar-refractivity contribution is 7.99. The number of fused-ring (bicyclic) bond motifs is 1. The predicted octanol–water partition coefficient (Wildman–Crippen LogP) is 0.947. The number of benzene rings is 1. The summed E-state index contributed by atoms with van der Waals surface area (Å²) in [5.74, 6) is 0.0500. The topological polar surface area (TPSA) is 92.7 Å². The van der Waals surface area contributed by atoms with Crippen molar-refractivity contribution in [2.24, 2.45) is 0 Å². The highest BCUT2D eigenvalue weighted by Gasteiger charge is 2.12. The minimum atomic E-state index is -0.272. The van der Waals surface area contributed by atoms with Gasteiger partial charge in [0.1, 0.15) is 5.39 Å². The maximum atomic E-state index is 12.1. The number of amides is 1. The molecule has 8 heteroatoms. The van der Waals surface area contributed by atoms with Crippen molar-refractivity contribution < 1.29 is 4.79 Å². The number of nitrogens with one attached hydrogen (secondary N) is 2. The summed E-state index contributed by atoms with van der Waals surface area (Å²) in [6.07, 6.45) is 1.49. The van der Waals surface area contributed by atoms with Crippen molar-refractivity contribution >= 4 is 28.7 Å². The summed E-state index contributed by atoms with van der Waals surface area (Å²) in [5, 5.41) is 7.54. The highest BCUT2D eigenvalue weighted by Crippen LogP contribution is 2.17. The van der Waals surface area contributed by atoms with Gasteiger partial charge in [0.2, 0.25) is 5.91 Å². The van der Waals surface area contributed by atoms with Crippen LogP contribution in [0.2, 0.25) is 0 Å². The molecule has 0 aliphatic rings. The number of H-pyrrole nitrogens is 1. The SMILES string of the molecule is CNC(=O)CSc1nc2c(cnn2-c2ccccc2)c(=O)[nH]1. The number of aromatic nitrogens is 4. The lowest BCUT2D eigenvalue weighted by Gasteiger charge is -2.04. The summed E-state index contributed by atoms with van der Waals surface area (Å²) >= 11 is 1.17. The molecule has 1 amide bonds. The molecule has 22 heavy (non-hydrogen) atoms. The quantitative estimate of drug-likeness (QED) is 0.552. The minimum absolute atomic E-state index is 0.135. The van der Waals surface area contributed by atoms with Crippen LogP contribution in [0.5, 0.6) is 0 Å². The molecule has 0 saturated carbocycles. The van der Waals surface area contributed by atoms with Crippen LogP contribution in [0, 0.1) is 0 Å². The Bertz CT molecular complexity index is 872. The van der Waals surface area contributed by atoms with Crippen molar-refractivity contribution in [2.45, 2.75) is 5.16 Å². The van der Waals surface area contributed by atoms with E-state index in [1.54, 1.807) is 11.7 Å². The Morgan fingerprint density at radius 3 is 2.86 bits per heavy atom. The molecule has 7 nitrogen and oxygen atoms in total. The molecular weight excluding hydrogens is 302 g/mol. The number of thioether (sulfide) groups is 1. The van der Waals surface area contributed by atoms with E-state index >= 15 is 0 Å². The zero-order chi connectivity index (χ0) is 15.5. The Morgan fingerprint density at radius 1 is 1.36 bits per heavy atom. The van der Waals surface area contributed by atoms with Crippen LogP contribution in [0.15, 0.2) is 46.5 Å². The van der Waals surface area contributed by atoms with Gasteiger partial charge in [-0.05, 0) is 12.1 Å². The molecular formula is C14H13N5O2S. The molecule has 0 aliphatic carbocycles. The summed E-state index contributed by atoms with van der Waals surface area (Å²) in [4.78, 5) is 30.5. The van der Waals surface area contributed by atoms with Gasteiger partial charge in [0, 0.05) is 7.05 Å². The molecule has 0 saturated heterocycles. The summed E-state index contributed by atoms with van der Waals surface area (Å²) in [6, 6.07) is 9.44. The van der Waals surface area contributed by atoms with Crippen LogP contribution in [-0.2, 0) is 4.79 Å². The fraction of sp³-hybridized carbons (Fsp3) is 0.143. The molecule has 2 N–H and O–H groups in total. The van der Waals surface area contributed by atoms with Crippen LogP contribution in [0.3, 0.4) is 0 Å². The van der Waals surface area contributed by atoms with Gasteiger partial charge in [0.15, 0.2) is 10.8 Å². The van der Waals surface area contributed by atoms with Crippen molar-refractivity contribution in [1.82, 2.24) is 25.1 Å². The van der Waals surface area contributed by atoms with Crippen molar-refractivity contribution in [1.29, 1.82) is 0 Å². The number of para-hydroxylation sites is 1. The third-order valence-electron chi connectivity index (χ3n) is 3.04. The van der Waals surface area contributed by atoms with E-state index in [-0.39, 0.29) is 17.2 Å². The van der Waals surface area contributed by atoms with E-state index in [0.717, 1.165) is 5.69 Å². The van der Waals surface area contributed by atoms with Crippen molar-refractivity contribution in [2.75, 3.05) is 12.8 Å². The van der Waals surface area contributed by atoms with E-state index in [2.05, 4.69) is 20.4 Å². The lowest BCUT2D eigenvalue weighted by atomic mass is 10.3.